The minimum Gasteiger partial charge on any atom is -0.466 e. The third-order valence-electron chi connectivity index (χ3n) is 4.90. The molecular weight excluding hydrogens is 490 g/mol. The van der Waals surface area contributed by atoms with E-state index in [-0.39, 0.29) is 25.5 Å². The van der Waals surface area contributed by atoms with Crippen molar-refractivity contribution in [2.24, 2.45) is 0 Å². The number of esters is 1. The lowest BCUT2D eigenvalue weighted by atomic mass is 10.2. The lowest BCUT2D eigenvalue weighted by molar-refractivity contribution is -0.142. The first-order valence-corrected chi connectivity index (χ1v) is 12.3. The van der Waals surface area contributed by atoms with Gasteiger partial charge in [-0.15, -0.1) is 22.7 Å². The van der Waals surface area contributed by atoms with Crippen LogP contribution in [0.5, 0.6) is 0 Å². The van der Waals surface area contributed by atoms with Gasteiger partial charge in [-0.1, -0.05) is 18.2 Å². The van der Waals surface area contributed by atoms with Gasteiger partial charge in [-0.2, -0.15) is 0 Å². The molecule has 0 fully saturated rings. The highest BCUT2D eigenvalue weighted by molar-refractivity contribution is 7.20. The molecule has 0 saturated heterocycles. The fourth-order valence-corrected chi connectivity index (χ4v) is 5.08. The topological polar surface area (TPSA) is 132 Å². The van der Waals surface area contributed by atoms with Gasteiger partial charge in [0.2, 0.25) is 5.91 Å². The predicted molar refractivity (Wildman–Crippen MR) is 134 cm³/mol. The molecule has 0 atom stereocenters. The van der Waals surface area contributed by atoms with Crippen molar-refractivity contribution in [3.63, 3.8) is 0 Å². The summed E-state index contributed by atoms with van der Waals surface area (Å²) in [6.07, 6.45) is 1.30. The second-order valence-electron chi connectivity index (χ2n) is 7.41. The molecule has 0 aliphatic heterocycles. The van der Waals surface area contributed by atoms with E-state index in [0.29, 0.717) is 37.2 Å². The summed E-state index contributed by atoms with van der Waals surface area (Å²) >= 11 is 2.29. The van der Waals surface area contributed by atoms with Crippen LogP contribution in [0, 0.1) is 6.92 Å². The van der Waals surface area contributed by atoms with Crippen LogP contribution >= 0.6 is 22.7 Å². The number of para-hydroxylation sites is 1. The van der Waals surface area contributed by atoms with Gasteiger partial charge in [0.25, 0.3) is 11.5 Å². The molecule has 180 valence electrons. The Hall–Kier alpha value is -3.90. The number of hydrogen-bond donors (Lipinski definition) is 2. The van der Waals surface area contributed by atoms with Crippen LogP contribution in [0.2, 0.25) is 0 Å². The normalized spacial score (nSPS) is 10.8. The number of amides is 2. The van der Waals surface area contributed by atoms with Crippen LogP contribution < -0.4 is 16.2 Å². The molecule has 35 heavy (non-hydrogen) atoms. The molecule has 0 aliphatic rings. The molecule has 0 aliphatic carbocycles. The number of aromatic nitrogens is 3. The number of aryl methyl sites for hydroxylation is 1. The van der Waals surface area contributed by atoms with E-state index >= 15 is 0 Å². The Morgan fingerprint density at radius 2 is 1.91 bits per heavy atom. The highest BCUT2D eigenvalue weighted by Crippen LogP contribution is 2.27. The van der Waals surface area contributed by atoms with Crippen LogP contribution in [0.4, 0.5) is 10.8 Å². The number of carbonyl (C=O) groups is 3. The molecule has 1 aromatic carbocycles. The van der Waals surface area contributed by atoms with Crippen molar-refractivity contribution < 1.29 is 19.1 Å². The number of rotatable bonds is 8. The van der Waals surface area contributed by atoms with Gasteiger partial charge in [-0.25, -0.2) is 9.97 Å². The molecule has 3 heterocycles. The highest BCUT2D eigenvalue weighted by atomic mass is 32.1. The van der Waals surface area contributed by atoms with Gasteiger partial charge >= 0.3 is 5.97 Å². The van der Waals surface area contributed by atoms with Crippen LogP contribution in [-0.2, 0) is 27.3 Å². The predicted octanol–water partition coefficient (Wildman–Crippen LogP) is 3.22. The van der Waals surface area contributed by atoms with E-state index in [0.717, 1.165) is 11.3 Å². The summed E-state index contributed by atoms with van der Waals surface area (Å²) in [5.74, 6) is -1.20. The number of anilines is 2. The van der Waals surface area contributed by atoms with Crippen molar-refractivity contribution in [1.82, 2.24) is 14.5 Å². The van der Waals surface area contributed by atoms with Crippen LogP contribution in [0.3, 0.4) is 0 Å². The number of benzene rings is 1. The summed E-state index contributed by atoms with van der Waals surface area (Å²) in [5, 5.41) is 7.70. The smallest absolute Gasteiger partial charge is 0.311 e. The number of nitrogens with zero attached hydrogens (tertiary/aromatic N) is 3. The van der Waals surface area contributed by atoms with Crippen molar-refractivity contribution >= 4 is 61.5 Å². The number of hydrogen-bond acceptors (Lipinski definition) is 9. The van der Waals surface area contributed by atoms with Crippen LogP contribution in [0.1, 0.15) is 27.9 Å². The van der Waals surface area contributed by atoms with Gasteiger partial charge in [-0.3, -0.25) is 23.7 Å². The Kier molecular flexibility index (Phi) is 7.32. The average molecular weight is 512 g/mol. The Morgan fingerprint density at radius 3 is 2.66 bits per heavy atom. The molecule has 0 saturated carbocycles. The maximum atomic E-state index is 13.1. The molecule has 3 aromatic heterocycles. The molecule has 2 N–H and O–H groups in total. The van der Waals surface area contributed by atoms with E-state index in [1.807, 2.05) is 18.2 Å². The minimum absolute atomic E-state index is 0.0118. The van der Waals surface area contributed by atoms with Gasteiger partial charge in [-0.05, 0) is 31.5 Å². The highest BCUT2D eigenvalue weighted by Gasteiger charge is 2.20. The molecule has 0 spiro atoms. The third-order valence-corrected chi connectivity index (χ3v) is 6.90. The van der Waals surface area contributed by atoms with E-state index in [9.17, 15) is 19.2 Å². The lowest BCUT2D eigenvalue weighted by Gasteiger charge is -2.05. The second-order valence-corrected chi connectivity index (χ2v) is 9.27. The summed E-state index contributed by atoms with van der Waals surface area (Å²) in [5.41, 5.74) is 1.22. The lowest BCUT2D eigenvalue weighted by Crippen LogP contribution is -2.28. The molecule has 2 amide bonds. The zero-order valence-electron chi connectivity index (χ0n) is 18.9. The maximum absolute atomic E-state index is 13.1. The SMILES string of the molecule is CCOC(=O)Cc1csc(NC(=O)Cn2cnc3sc(C(=O)Nc4ccccc4)c(C)c3c2=O)n1. The quantitative estimate of drug-likeness (QED) is 0.347. The van der Waals surface area contributed by atoms with Crippen molar-refractivity contribution in [2.45, 2.75) is 26.8 Å². The number of nitrogens with one attached hydrogen (secondary N) is 2. The van der Waals surface area contributed by atoms with E-state index in [1.165, 1.54) is 22.2 Å². The Labute approximate surface area is 207 Å². The van der Waals surface area contributed by atoms with Gasteiger partial charge in [0.1, 0.15) is 11.4 Å². The average Bonchev–Trinajstić information content (AvgIpc) is 3.40. The molecule has 0 bridgehead atoms. The monoisotopic (exact) mass is 511 g/mol. The van der Waals surface area contributed by atoms with E-state index in [4.69, 9.17) is 4.74 Å². The molecule has 0 unspecified atom stereocenters. The molecule has 12 heteroatoms. The van der Waals surface area contributed by atoms with E-state index in [2.05, 4.69) is 20.6 Å². The maximum Gasteiger partial charge on any atom is 0.311 e. The van der Waals surface area contributed by atoms with Gasteiger partial charge in [0, 0.05) is 11.1 Å². The number of thiophene rings is 1. The first-order valence-electron chi connectivity index (χ1n) is 10.6. The number of fused-ring (bicyclic) bond motifs is 1. The van der Waals surface area contributed by atoms with Gasteiger partial charge < -0.3 is 15.4 Å². The fourth-order valence-electron chi connectivity index (χ4n) is 3.32. The van der Waals surface area contributed by atoms with Crippen LogP contribution in [0.25, 0.3) is 10.2 Å². The van der Waals surface area contributed by atoms with Crippen molar-refractivity contribution in [1.29, 1.82) is 0 Å². The minimum atomic E-state index is -0.472. The van der Waals surface area contributed by atoms with Crippen molar-refractivity contribution in [2.75, 3.05) is 17.2 Å². The first-order chi connectivity index (χ1) is 16.9. The van der Waals surface area contributed by atoms with E-state index in [1.54, 1.807) is 31.4 Å². The van der Waals surface area contributed by atoms with E-state index < -0.39 is 17.4 Å². The Morgan fingerprint density at radius 1 is 1.14 bits per heavy atom. The zero-order chi connectivity index (χ0) is 24.9. The van der Waals surface area contributed by atoms with Gasteiger partial charge in [0.15, 0.2) is 5.13 Å². The van der Waals surface area contributed by atoms with Crippen LogP contribution in [-0.4, -0.2) is 38.9 Å². The van der Waals surface area contributed by atoms with Crippen molar-refractivity contribution in [3.05, 3.63) is 68.5 Å². The molecule has 10 nitrogen and oxygen atoms in total. The molecule has 4 rings (SSSR count). The molecule has 0 radical (unpaired) electrons. The summed E-state index contributed by atoms with van der Waals surface area (Å²) in [4.78, 5) is 59.2. The summed E-state index contributed by atoms with van der Waals surface area (Å²) in [6, 6.07) is 9.01. The number of thiazole rings is 1. The number of ether oxygens (including phenoxy) is 1. The Bertz CT molecular complexity index is 1460. The molecule has 4 aromatic rings. The largest absolute Gasteiger partial charge is 0.466 e. The first kappa shape index (κ1) is 24.2. The van der Waals surface area contributed by atoms with Crippen LogP contribution in [0.15, 0.2) is 46.8 Å². The number of carbonyl (C=O) groups excluding carboxylic acids is 3. The standard InChI is InChI=1S/C23H21N5O5S2/c1-3-33-17(30)9-15-11-34-23(26-15)27-16(29)10-28-12-24-21-18(22(28)32)13(2)19(35-21)20(31)25-14-7-5-4-6-8-14/h4-8,11-12H,3,9-10H2,1-2H3,(H,25,31)(H,26,27,29). The molecular formula is C23H21N5O5S2. The van der Waals surface area contributed by atoms with Crippen molar-refractivity contribution in [3.8, 4) is 0 Å². The zero-order valence-corrected chi connectivity index (χ0v) is 20.5. The Balaban J connectivity index is 1.48. The fraction of sp³-hybridized carbons (Fsp3) is 0.217. The summed E-state index contributed by atoms with van der Waals surface area (Å²) in [7, 11) is 0. The summed E-state index contributed by atoms with van der Waals surface area (Å²) < 4.78 is 6.07. The summed E-state index contributed by atoms with van der Waals surface area (Å²) in [6.45, 7) is 3.40. The third kappa shape index (κ3) is 5.61. The second kappa shape index (κ2) is 10.6. The van der Waals surface area contributed by atoms with Gasteiger partial charge in [0.05, 0.1) is 35.3 Å².